The van der Waals surface area contributed by atoms with Crippen molar-refractivity contribution in [3.8, 4) is 11.5 Å². The van der Waals surface area contributed by atoms with E-state index in [0.29, 0.717) is 6.07 Å². The van der Waals surface area contributed by atoms with Crippen molar-refractivity contribution in [2.45, 2.75) is 6.36 Å². The van der Waals surface area contributed by atoms with Gasteiger partial charge in [-0.1, -0.05) is 0 Å². The van der Waals surface area contributed by atoms with Gasteiger partial charge in [0.2, 0.25) is 0 Å². The molecule has 0 aliphatic heterocycles. The highest BCUT2D eigenvalue weighted by molar-refractivity contribution is 6.17. The standard InChI is InChI=1S/C7H4BF4O3/c9-5-3-4(15-8-13)1-2-6(5)14-7(10,11)12/h1-3,13H. The second-order valence-corrected chi connectivity index (χ2v) is 2.36. The fourth-order valence-corrected chi connectivity index (χ4v) is 0.823. The summed E-state index contributed by atoms with van der Waals surface area (Å²) in [6.07, 6.45) is -4.95. The lowest BCUT2D eigenvalue weighted by Gasteiger charge is -2.10. The van der Waals surface area contributed by atoms with Gasteiger partial charge in [-0.05, 0) is 12.1 Å². The van der Waals surface area contributed by atoms with Gasteiger partial charge in [0.1, 0.15) is 5.75 Å². The molecule has 3 nitrogen and oxygen atoms in total. The molecule has 81 valence electrons. The number of alkyl halides is 3. The summed E-state index contributed by atoms with van der Waals surface area (Å²) in [6, 6.07) is 2.40. The summed E-state index contributed by atoms with van der Waals surface area (Å²) < 4.78 is 55.7. The third-order valence-electron chi connectivity index (χ3n) is 1.32. The lowest BCUT2D eigenvalue weighted by atomic mass is 10.3. The van der Waals surface area contributed by atoms with Crippen LogP contribution in [-0.2, 0) is 0 Å². The quantitative estimate of drug-likeness (QED) is 0.625. The zero-order chi connectivity index (χ0) is 11.5. The molecule has 0 atom stereocenters. The summed E-state index contributed by atoms with van der Waals surface area (Å²) in [6.45, 7) is 0. The molecule has 0 fully saturated rings. The summed E-state index contributed by atoms with van der Waals surface area (Å²) >= 11 is 0. The first-order valence-corrected chi connectivity index (χ1v) is 3.60. The van der Waals surface area contributed by atoms with Gasteiger partial charge in [0, 0.05) is 6.07 Å². The van der Waals surface area contributed by atoms with Crippen LogP contribution in [0.5, 0.6) is 11.5 Å². The molecule has 0 bridgehead atoms. The number of benzene rings is 1. The third kappa shape index (κ3) is 3.66. The van der Waals surface area contributed by atoms with Crippen LogP contribution in [0.1, 0.15) is 0 Å². The number of hydrogen-bond acceptors (Lipinski definition) is 3. The van der Waals surface area contributed by atoms with E-state index in [4.69, 9.17) is 5.02 Å². The maximum Gasteiger partial charge on any atom is 0.573 e. The Hall–Kier alpha value is -1.44. The molecule has 0 unspecified atom stereocenters. The van der Waals surface area contributed by atoms with E-state index in [0.717, 1.165) is 12.1 Å². The molecule has 0 aromatic heterocycles. The Morgan fingerprint density at radius 2 is 1.93 bits per heavy atom. The summed E-state index contributed by atoms with van der Waals surface area (Å²) in [5.74, 6) is -2.36. The average molecular weight is 223 g/mol. The molecule has 1 radical (unpaired) electrons. The highest BCUT2D eigenvalue weighted by atomic mass is 19.4. The van der Waals surface area contributed by atoms with Crippen LogP contribution < -0.4 is 9.39 Å². The van der Waals surface area contributed by atoms with Gasteiger partial charge in [-0.25, -0.2) is 4.39 Å². The third-order valence-corrected chi connectivity index (χ3v) is 1.32. The van der Waals surface area contributed by atoms with Crippen molar-refractivity contribution in [1.29, 1.82) is 0 Å². The SMILES string of the molecule is O[B]Oc1ccc(OC(F)(F)F)c(F)c1. The highest BCUT2D eigenvalue weighted by Gasteiger charge is 2.32. The Kier molecular flexibility index (Phi) is 3.41. The number of rotatable bonds is 3. The van der Waals surface area contributed by atoms with Gasteiger partial charge >= 0.3 is 14.0 Å². The van der Waals surface area contributed by atoms with Crippen LogP contribution in [0, 0.1) is 5.82 Å². The van der Waals surface area contributed by atoms with Crippen LogP contribution in [0.25, 0.3) is 0 Å². The first-order valence-electron chi connectivity index (χ1n) is 3.60. The molecule has 1 rings (SSSR count). The predicted octanol–water partition coefficient (Wildman–Crippen LogP) is 1.63. The van der Waals surface area contributed by atoms with Gasteiger partial charge in [-0.2, -0.15) is 0 Å². The molecule has 1 aromatic carbocycles. The molecule has 0 saturated carbocycles. The molecule has 1 aromatic rings. The van der Waals surface area contributed by atoms with Crippen molar-refractivity contribution in [3.05, 3.63) is 24.0 Å². The largest absolute Gasteiger partial charge is 0.573 e. The molecule has 8 heteroatoms. The van der Waals surface area contributed by atoms with Crippen LogP contribution >= 0.6 is 0 Å². The summed E-state index contributed by atoms with van der Waals surface area (Å²) in [4.78, 5) is 0. The Morgan fingerprint density at radius 1 is 1.27 bits per heavy atom. The molecule has 0 spiro atoms. The maximum absolute atomic E-state index is 12.9. The first-order chi connectivity index (χ1) is 6.92. The topological polar surface area (TPSA) is 38.7 Å². The molecule has 0 amide bonds. The minimum absolute atomic E-state index is 0.149. The van der Waals surface area contributed by atoms with Gasteiger partial charge in [-0.15, -0.1) is 13.2 Å². The van der Waals surface area contributed by atoms with Crippen LogP contribution in [0.4, 0.5) is 17.6 Å². The molecule has 0 heterocycles. The van der Waals surface area contributed by atoms with E-state index in [1.165, 1.54) is 0 Å². The second-order valence-electron chi connectivity index (χ2n) is 2.36. The average Bonchev–Trinajstić information content (AvgIpc) is 2.08. The van der Waals surface area contributed by atoms with E-state index in [9.17, 15) is 17.6 Å². The van der Waals surface area contributed by atoms with Crippen LogP contribution in [0.2, 0.25) is 0 Å². The van der Waals surface area contributed by atoms with E-state index < -0.39 is 17.9 Å². The van der Waals surface area contributed by atoms with Gasteiger partial charge in [0.05, 0.1) is 0 Å². The summed E-state index contributed by atoms with van der Waals surface area (Å²) in [7, 11) is 0.277. The lowest BCUT2D eigenvalue weighted by molar-refractivity contribution is -0.275. The van der Waals surface area contributed by atoms with E-state index >= 15 is 0 Å². The normalized spacial score (nSPS) is 11.0. The van der Waals surface area contributed by atoms with E-state index in [-0.39, 0.29) is 13.4 Å². The van der Waals surface area contributed by atoms with Gasteiger partial charge in [0.15, 0.2) is 11.6 Å². The second kappa shape index (κ2) is 4.39. The van der Waals surface area contributed by atoms with Crippen LogP contribution in [-0.4, -0.2) is 19.1 Å². The predicted molar refractivity (Wildman–Crippen MR) is 41.7 cm³/mol. The van der Waals surface area contributed by atoms with Crippen molar-refractivity contribution >= 4 is 7.69 Å². The van der Waals surface area contributed by atoms with Crippen LogP contribution in [0.3, 0.4) is 0 Å². The fourth-order valence-electron chi connectivity index (χ4n) is 0.823. The van der Waals surface area contributed by atoms with E-state index in [1.54, 1.807) is 0 Å². The highest BCUT2D eigenvalue weighted by Crippen LogP contribution is 2.27. The molecule has 0 aliphatic carbocycles. The Labute approximate surface area is 82.5 Å². The molecule has 15 heavy (non-hydrogen) atoms. The molecule has 1 N–H and O–H groups in total. The van der Waals surface area contributed by atoms with Crippen LogP contribution in [0.15, 0.2) is 18.2 Å². The Morgan fingerprint density at radius 3 is 2.40 bits per heavy atom. The van der Waals surface area contributed by atoms with Crippen molar-refractivity contribution in [1.82, 2.24) is 0 Å². The fraction of sp³-hybridized carbons (Fsp3) is 0.143. The molecule has 0 saturated heterocycles. The van der Waals surface area contributed by atoms with Gasteiger partial charge < -0.3 is 14.4 Å². The van der Waals surface area contributed by atoms with Crippen molar-refractivity contribution in [3.63, 3.8) is 0 Å². The first kappa shape index (κ1) is 11.6. The van der Waals surface area contributed by atoms with Crippen molar-refractivity contribution in [2.24, 2.45) is 0 Å². The number of hydrogen-bond donors (Lipinski definition) is 1. The summed E-state index contributed by atoms with van der Waals surface area (Å²) in [5, 5.41) is 8.19. The van der Waals surface area contributed by atoms with E-state index in [1.807, 2.05) is 0 Å². The maximum atomic E-state index is 12.9. The van der Waals surface area contributed by atoms with Crippen molar-refractivity contribution < 1.29 is 32.0 Å². The minimum atomic E-state index is -4.95. The zero-order valence-corrected chi connectivity index (χ0v) is 7.08. The Balaban J connectivity index is 2.84. The number of halogens is 4. The van der Waals surface area contributed by atoms with E-state index in [2.05, 4.69) is 9.39 Å². The zero-order valence-electron chi connectivity index (χ0n) is 7.08. The lowest BCUT2D eigenvalue weighted by Crippen LogP contribution is -2.18. The minimum Gasteiger partial charge on any atom is -0.537 e. The molecule has 0 aliphatic rings. The van der Waals surface area contributed by atoms with Gasteiger partial charge in [-0.3, -0.25) is 0 Å². The number of ether oxygens (including phenoxy) is 1. The van der Waals surface area contributed by atoms with Crippen molar-refractivity contribution in [2.75, 3.05) is 0 Å². The molecular formula is C7H4BF4O3. The smallest absolute Gasteiger partial charge is 0.537 e. The summed E-state index contributed by atoms with van der Waals surface area (Å²) in [5.41, 5.74) is 0. The van der Waals surface area contributed by atoms with Gasteiger partial charge in [0.25, 0.3) is 0 Å². The Bertz CT molecular complexity index is 341. The molecular weight excluding hydrogens is 219 g/mol. The monoisotopic (exact) mass is 223 g/mol.